The number of unbranched alkanes of at least 4 members (excludes halogenated alkanes) is 14. The number of carboxylic acid groups (broad SMARTS) is 3. The summed E-state index contributed by atoms with van der Waals surface area (Å²) in [6.45, 7) is 0.397. The minimum atomic E-state index is -1.05. The molecule has 284 valence electrons. The van der Waals surface area contributed by atoms with Crippen LogP contribution in [0.2, 0.25) is 0 Å². The van der Waals surface area contributed by atoms with Gasteiger partial charge in [-0.25, -0.2) is 0 Å². The van der Waals surface area contributed by atoms with E-state index in [2.05, 4.69) is 10.6 Å². The maximum absolute atomic E-state index is 12.4. The normalized spacial score (nSPS) is 15.4. The van der Waals surface area contributed by atoms with Crippen molar-refractivity contribution in [3.8, 4) is 0 Å². The summed E-state index contributed by atoms with van der Waals surface area (Å²) in [4.78, 5) is 58.8. The van der Waals surface area contributed by atoms with Crippen LogP contribution < -0.4 is 10.6 Å². The number of nitrogens with one attached hydrogen (secondary N) is 2. The molecule has 10 nitrogen and oxygen atoms in total. The van der Waals surface area contributed by atoms with Gasteiger partial charge in [-0.1, -0.05) is 142 Å². The number of ketones is 1. The third-order valence-corrected chi connectivity index (χ3v) is 17.9. The van der Waals surface area contributed by atoms with E-state index < -0.39 is 29.9 Å². The lowest BCUT2D eigenvalue weighted by atomic mass is 9.94. The lowest BCUT2D eigenvalue weighted by Gasteiger charge is -2.21. The molecule has 1 aliphatic heterocycles. The van der Waals surface area contributed by atoms with Crippen LogP contribution >= 0.6 is 64.8 Å². The van der Waals surface area contributed by atoms with E-state index >= 15 is 0 Å². The van der Waals surface area contributed by atoms with Crippen LogP contribution in [0.5, 0.6) is 0 Å². The Morgan fingerprint density at radius 2 is 1.08 bits per heavy atom. The topological polar surface area (TPSA) is 170 Å². The zero-order valence-corrected chi connectivity index (χ0v) is 33.6. The fourth-order valence-corrected chi connectivity index (χ4v) is 15.7. The van der Waals surface area contributed by atoms with Gasteiger partial charge >= 0.3 is 17.9 Å². The van der Waals surface area contributed by atoms with E-state index in [4.69, 9.17) is 5.11 Å². The zero-order valence-electron chi connectivity index (χ0n) is 28.7. The Morgan fingerprint density at radius 1 is 0.571 bits per heavy atom. The molecule has 0 aliphatic carbocycles. The maximum Gasteiger partial charge on any atom is 0.320 e. The quantitative estimate of drug-likeness (QED) is 0.0332. The van der Waals surface area contributed by atoms with E-state index in [-0.39, 0.29) is 42.1 Å². The minimum absolute atomic E-state index is 0.0206. The first kappa shape index (κ1) is 46.6. The summed E-state index contributed by atoms with van der Waals surface area (Å²) in [5, 5.41) is 35.8. The van der Waals surface area contributed by atoms with Gasteiger partial charge in [0.1, 0.15) is 16.5 Å². The highest BCUT2D eigenvalue weighted by Crippen LogP contribution is 2.46. The molecule has 0 spiro atoms. The van der Waals surface area contributed by atoms with E-state index in [1.165, 1.54) is 44.9 Å². The number of Topliss-reactive ketones (excluding diaryl/α,β-unsaturated/α-hetero) is 1. The summed E-state index contributed by atoms with van der Waals surface area (Å²) < 4.78 is -0.0206. The molecular formula is C33H58N2O8S6. The molecule has 1 heterocycles. The predicted octanol–water partition coefficient (Wildman–Crippen LogP) is 9.44. The van der Waals surface area contributed by atoms with Crippen molar-refractivity contribution in [1.29, 1.82) is 0 Å². The molecule has 0 unspecified atom stereocenters. The first-order valence-electron chi connectivity index (χ1n) is 17.7. The molecule has 1 fully saturated rings. The van der Waals surface area contributed by atoms with Crippen LogP contribution in [0, 0.1) is 5.92 Å². The highest BCUT2D eigenvalue weighted by atomic mass is 33.2. The summed E-state index contributed by atoms with van der Waals surface area (Å²) in [6, 6.07) is -0.663. The molecule has 0 bridgehead atoms. The minimum Gasteiger partial charge on any atom is -0.481 e. The summed E-state index contributed by atoms with van der Waals surface area (Å²) >= 11 is 0. The maximum atomic E-state index is 12.4. The standard InChI is InChI=1S/C33H58N2O8S6/c36-27(17-13-11-9-7-5-3-1-2-4-6-8-10-12-14-19-30(38)39)23-26(31(40)41)20-21-29(37)34-22-16-15-18-28(32(42)43)35-33-48-46-24-44-45-25-47-49-33/h26,28,33,35H,1-25H2,(H,34,37)(H,38,39)(H,40,41)(H,42,43)/t26-,28+/m1/s1. The number of rotatable bonds is 31. The average molecular weight is 803 g/mol. The number of carbonyl (C=O) groups is 5. The number of hydrogen-bond acceptors (Lipinski definition) is 12. The van der Waals surface area contributed by atoms with Crippen molar-refractivity contribution in [3.05, 3.63) is 0 Å². The summed E-state index contributed by atoms with van der Waals surface area (Å²) in [5.41, 5.74) is 0. The van der Waals surface area contributed by atoms with Gasteiger partial charge in [0, 0.05) is 32.2 Å². The molecule has 16 heteroatoms. The Kier molecular flexibility index (Phi) is 30.7. The van der Waals surface area contributed by atoms with Gasteiger partial charge in [0.05, 0.1) is 16.1 Å². The average Bonchev–Trinajstić information content (AvgIpc) is 3.19. The van der Waals surface area contributed by atoms with Crippen molar-refractivity contribution in [2.75, 3.05) is 16.7 Å². The van der Waals surface area contributed by atoms with Gasteiger partial charge in [-0.15, -0.1) is 0 Å². The summed E-state index contributed by atoms with van der Waals surface area (Å²) in [7, 11) is 10.3. The van der Waals surface area contributed by atoms with Crippen molar-refractivity contribution in [2.24, 2.45) is 5.92 Å². The Balaban J connectivity index is 2.07. The molecule has 0 aromatic rings. The van der Waals surface area contributed by atoms with Crippen LogP contribution in [-0.2, 0) is 24.0 Å². The van der Waals surface area contributed by atoms with Gasteiger partial charge < -0.3 is 20.6 Å². The number of aliphatic carboxylic acids is 3. The summed E-state index contributed by atoms with van der Waals surface area (Å²) in [6.07, 6.45) is 17.9. The van der Waals surface area contributed by atoms with Crippen LogP contribution in [-0.4, -0.2) is 72.4 Å². The molecule has 0 radical (unpaired) electrons. The number of amides is 1. The van der Waals surface area contributed by atoms with Gasteiger partial charge in [-0.2, -0.15) is 0 Å². The number of carboxylic acids is 3. The highest BCUT2D eigenvalue weighted by Gasteiger charge is 2.24. The smallest absolute Gasteiger partial charge is 0.320 e. The van der Waals surface area contributed by atoms with Crippen LogP contribution in [0.3, 0.4) is 0 Å². The molecule has 49 heavy (non-hydrogen) atoms. The van der Waals surface area contributed by atoms with Crippen LogP contribution in [0.25, 0.3) is 0 Å². The summed E-state index contributed by atoms with van der Waals surface area (Å²) in [5.74, 6) is -3.80. The lowest BCUT2D eigenvalue weighted by Crippen LogP contribution is -2.40. The largest absolute Gasteiger partial charge is 0.481 e. The molecule has 1 saturated heterocycles. The fourth-order valence-electron chi connectivity index (χ4n) is 5.30. The molecule has 2 atom stereocenters. The second-order valence-corrected chi connectivity index (χ2v) is 20.7. The fraction of sp³-hybridized carbons (Fsp3) is 0.848. The van der Waals surface area contributed by atoms with Gasteiger partial charge in [0.2, 0.25) is 5.91 Å². The second-order valence-electron chi connectivity index (χ2n) is 12.3. The highest BCUT2D eigenvalue weighted by molar-refractivity contribution is 8.92. The number of carbonyl (C=O) groups excluding carboxylic acids is 2. The van der Waals surface area contributed by atoms with Gasteiger partial charge in [-0.3, -0.25) is 29.3 Å². The van der Waals surface area contributed by atoms with Gasteiger partial charge in [0.25, 0.3) is 0 Å². The molecule has 0 aromatic carbocycles. The van der Waals surface area contributed by atoms with E-state index in [1.807, 2.05) is 0 Å². The number of hydrogen-bond donors (Lipinski definition) is 5. The molecular weight excluding hydrogens is 745 g/mol. The van der Waals surface area contributed by atoms with Crippen LogP contribution in [0.1, 0.15) is 141 Å². The molecule has 1 amide bonds. The first-order valence-corrected chi connectivity index (χ1v) is 25.0. The van der Waals surface area contributed by atoms with E-state index in [1.54, 1.807) is 64.8 Å². The van der Waals surface area contributed by atoms with E-state index in [0.29, 0.717) is 32.2 Å². The lowest BCUT2D eigenvalue weighted by molar-refractivity contribution is -0.144. The zero-order chi connectivity index (χ0) is 36.0. The molecule has 5 N–H and O–H groups in total. The van der Waals surface area contributed by atoms with Crippen molar-refractivity contribution in [2.45, 2.75) is 152 Å². The van der Waals surface area contributed by atoms with Crippen molar-refractivity contribution in [1.82, 2.24) is 10.6 Å². The predicted molar refractivity (Wildman–Crippen MR) is 212 cm³/mol. The monoisotopic (exact) mass is 802 g/mol. The first-order chi connectivity index (χ1) is 23.7. The third kappa shape index (κ3) is 28.8. The van der Waals surface area contributed by atoms with E-state index in [9.17, 15) is 34.2 Å². The van der Waals surface area contributed by atoms with E-state index in [0.717, 1.165) is 55.1 Å². The van der Waals surface area contributed by atoms with Crippen molar-refractivity contribution >= 4 is 94.4 Å². The SMILES string of the molecule is O=C(O)CCCCCCCCCCCCCCCCC(=O)C[C@@H](CCC(=O)NCCCC[C@H](NC1SSCSSCSS1)C(=O)O)C(=O)O. The Hall–Kier alpha value is -0.390. The second kappa shape index (κ2) is 32.3. The van der Waals surface area contributed by atoms with Crippen LogP contribution in [0.15, 0.2) is 0 Å². The molecule has 1 rings (SSSR count). The van der Waals surface area contributed by atoms with Gasteiger partial charge in [-0.05, 0) is 38.5 Å². The van der Waals surface area contributed by atoms with Crippen LogP contribution in [0.4, 0.5) is 0 Å². The van der Waals surface area contributed by atoms with Crippen molar-refractivity contribution in [3.63, 3.8) is 0 Å². The Morgan fingerprint density at radius 3 is 1.57 bits per heavy atom. The molecule has 0 saturated carbocycles. The molecule has 0 aromatic heterocycles. The van der Waals surface area contributed by atoms with Gasteiger partial charge in [0.15, 0.2) is 0 Å². The third-order valence-electron chi connectivity index (χ3n) is 8.10. The van der Waals surface area contributed by atoms with Crippen molar-refractivity contribution < 1.29 is 39.3 Å². The Bertz CT molecular complexity index is 926. The Labute approximate surface area is 317 Å². The molecule has 1 aliphatic rings.